The van der Waals surface area contributed by atoms with E-state index < -0.39 is 5.97 Å². The molecule has 104 valence electrons. The van der Waals surface area contributed by atoms with E-state index in [1.165, 1.54) is 0 Å². The molecule has 1 N–H and O–H groups in total. The first kappa shape index (κ1) is 15.3. The summed E-state index contributed by atoms with van der Waals surface area (Å²) in [5.74, 6) is -0.422. The average Bonchev–Trinajstić information content (AvgIpc) is 2.24. The lowest BCUT2D eigenvalue weighted by molar-refractivity contribution is -0.146. The first-order chi connectivity index (χ1) is 8.20. The molecule has 0 aliphatic carbocycles. The SMILES string of the molecule is CC1CC(C(=O)O)CCN1C(=O)CSC(C)(C)C. The summed E-state index contributed by atoms with van der Waals surface area (Å²) in [6, 6.07) is 0.0351. The molecule has 0 spiro atoms. The smallest absolute Gasteiger partial charge is 0.306 e. The minimum absolute atomic E-state index is 0.0351. The molecule has 1 fully saturated rings. The van der Waals surface area contributed by atoms with Crippen molar-refractivity contribution in [2.75, 3.05) is 12.3 Å². The van der Waals surface area contributed by atoms with Crippen LogP contribution in [0.1, 0.15) is 40.5 Å². The van der Waals surface area contributed by atoms with Gasteiger partial charge in [0.15, 0.2) is 0 Å². The minimum Gasteiger partial charge on any atom is -0.481 e. The van der Waals surface area contributed by atoms with Crippen molar-refractivity contribution in [1.82, 2.24) is 4.90 Å². The Morgan fingerprint density at radius 1 is 1.39 bits per heavy atom. The van der Waals surface area contributed by atoms with Crippen LogP contribution in [-0.4, -0.2) is 45.0 Å². The van der Waals surface area contributed by atoms with Crippen molar-refractivity contribution in [2.24, 2.45) is 5.92 Å². The minimum atomic E-state index is -0.738. The molecule has 2 atom stereocenters. The maximum Gasteiger partial charge on any atom is 0.306 e. The molecular weight excluding hydrogens is 250 g/mol. The number of piperidine rings is 1. The third kappa shape index (κ3) is 4.52. The van der Waals surface area contributed by atoms with Gasteiger partial charge in [-0.1, -0.05) is 20.8 Å². The molecule has 0 radical (unpaired) electrons. The van der Waals surface area contributed by atoms with E-state index in [1.807, 2.05) is 11.8 Å². The number of aliphatic carboxylic acids is 1. The summed E-state index contributed by atoms with van der Waals surface area (Å²) in [5, 5.41) is 8.98. The highest BCUT2D eigenvalue weighted by Crippen LogP contribution is 2.27. The number of carboxylic acid groups (broad SMARTS) is 1. The lowest BCUT2D eigenvalue weighted by Gasteiger charge is -2.36. The lowest BCUT2D eigenvalue weighted by Crippen LogP contribution is -2.47. The summed E-state index contributed by atoms with van der Waals surface area (Å²) in [5.41, 5.74) is 0. The van der Waals surface area contributed by atoms with Crippen LogP contribution in [0.15, 0.2) is 0 Å². The van der Waals surface area contributed by atoms with Gasteiger partial charge in [0.05, 0.1) is 11.7 Å². The largest absolute Gasteiger partial charge is 0.481 e. The number of amides is 1. The number of carbonyl (C=O) groups excluding carboxylic acids is 1. The van der Waals surface area contributed by atoms with Crippen molar-refractivity contribution in [2.45, 2.75) is 51.3 Å². The highest BCUT2D eigenvalue weighted by atomic mass is 32.2. The van der Waals surface area contributed by atoms with Crippen LogP contribution in [0.2, 0.25) is 0 Å². The predicted molar refractivity (Wildman–Crippen MR) is 73.7 cm³/mol. The number of hydrogen-bond donors (Lipinski definition) is 1. The number of carbonyl (C=O) groups is 2. The van der Waals surface area contributed by atoms with Gasteiger partial charge in [-0.2, -0.15) is 0 Å². The van der Waals surface area contributed by atoms with Crippen LogP contribution >= 0.6 is 11.8 Å². The Labute approximate surface area is 113 Å². The number of likely N-dealkylation sites (tertiary alicyclic amines) is 1. The fourth-order valence-corrected chi connectivity index (χ4v) is 2.85. The van der Waals surface area contributed by atoms with Gasteiger partial charge >= 0.3 is 5.97 Å². The van der Waals surface area contributed by atoms with Crippen molar-refractivity contribution in [3.63, 3.8) is 0 Å². The summed E-state index contributed by atoms with van der Waals surface area (Å²) in [6.07, 6.45) is 1.15. The van der Waals surface area contributed by atoms with E-state index in [1.54, 1.807) is 11.8 Å². The second-order valence-electron chi connectivity index (χ2n) is 5.90. The summed E-state index contributed by atoms with van der Waals surface area (Å²) >= 11 is 1.64. The molecule has 4 nitrogen and oxygen atoms in total. The number of thioether (sulfide) groups is 1. The molecule has 0 aromatic carbocycles. The Balaban J connectivity index is 2.48. The Bertz CT molecular complexity index is 325. The molecule has 1 amide bonds. The van der Waals surface area contributed by atoms with Crippen LogP contribution < -0.4 is 0 Å². The van der Waals surface area contributed by atoms with Gasteiger partial charge < -0.3 is 10.0 Å². The molecule has 0 aromatic rings. The van der Waals surface area contributed by atoms with Crippen molar-refractivity contribution in [3.8, 4) is 0 Å². The molecule has 0 saturated carbocycles. The number of hydrogen-bond acceptors (Lipinski definition) is 3. The third-order valence-electron chi connectivity index (χ3n) is 3.17. The van der Waals surface area contributed by atoms with Crippen molar-refractivity contribution >= 4 is 23.6 Å². The van der Waals surface area contributed by atoms with Crippen molar-refractivity contribution in [3.05, 3.63) is 0 Å². The summed E-state index contributed by atoms with van der Waals surface area (Å²) in [6.45, 7) is 8.78. The van der Waals surface area contributed by atoms with E-state index >= 15 is 0 Å². The Morgan fingerprint density at radius 2 is 2.00 bits per heavy atom. The van der Waals surface area contributed by atoms with Gasteiger partial charge in [-0.15, -0.1) is 11.8 Å². The quantitative estimate of drug-likeness (QED) is 0.856. The highest BCUT2D eigenvalue weighted by Gasteiger charge is 2.32. The van der Waals surface area contributed by atoms with Crippen LogP contribution in [-0.2, 0) is 9.59 Å². The molecule has 1 heterocycles. The Kier molecular flexibility index (Phi) is 5.08. The van der Waals surface area contributed by atoms with Gasteiger partial charge in [0.1, 0.15) is 0 Å². The summed E-state index contributed by atoms with van der Waals surface area (Å²) in [4.78, 5) is 24.8. The second kappa shape index (κ2) is 5.95. The van der Waals surface area contributed by atoms with Gasteiger partial charge in [0.25, 0.3) is 0 Å². The predicted octanol–water partition coefficient (Wildman–Crippen LogP) is 2.23. The topological polar surface area (TPSA) is 57.6 Å². The summed E-state index contributed by atoms with van der Waals surface area (Å²) in [7, 11) is 0. The molecular formula is C13H23NO3S. The fraction of sp³-hybridized carbons (Fsp3) is 0.846. The van der Waals surface area contributed by atoms with Crippen LogP contribution in [0.5, 0.6) is 0 Å². The molecule has 1 saturated heterocycles. The fourth-order valence-electron chi connectivity index (χ4n) is 2.13. The summed E-state index contributed by atoms with van der Waals surface area (Å²) < 4.78 is 0.0816. The molecule has 0 aromatic heterocycles. The van der Waals surface area contributed by atoms with E-state index in [2.05, 4.69) is 20.8 Å². The van der Waals surface area contributed by atoms with E-state index in [4.69, 9.17) is 5.11 Å². The molecule has 5 heteroatoms. The zero-order chi connectivity index (χ0) is 13.9. The van der Waals surface area contributed by atoms with Crippen molar-refractivity contribution in [1.29, 1.82) is 0 Å². The van der Waals surface area contributed by atoms with Gasteiger partial charge in [0.2, 0.25) is 5.91 Å². The first-order valence-corrected chi connectivity index (χ1v) is 7.35. The third-order valence-corrected chi connectivity index (χ3v) is 4.43. The zero-order valence-electron chi connectivity index (χ0n) is 11.6. The second-order valence-corrected chi connectivity index (χ2v) is 7.70. The standard InChI is InChI=1S/C13H23NO3S/c1-9-7-10(12(16)17)5-6-14(9)11(15)8-18-13(2,3)4/h9-10H,5-8H2,1-4H3,(H,16,17). The zero-order valence-corrected chi connectivity index (χ0v) is 12.4. The van der Waals surface area contributed by atoms with Gasteiger partial charge in [-0.3, -0.25) is 9.59 Å². The molecule has 2 unspecified atom stereocenters. The van der Waals surface area contributed by atoms with Gasteiger partial charge in [-0.05, 0) is 19.8 Å². The monoisotopic (exact) mass is 273 g/mol. The lowest BCUT2D eigenvalue weighted by atomic mass is 9.92. The first-order valence-electron chi connectivity index (χ1n) is 6.37. The van der Waals surface area contributed by atoms with Gasteiger partial charge in [0, 0.05) is 17.3 Å². The molecule has 1 aliphatic rings. The molecule has 0 bridgehead atoms. The molecule has 18 heavy (non-hydrogen) atoms. The molecule has 1 rings (SSSR count). The number of nitrogens with zero attached hydrogens (tertiary/aromatic N) is 1. The van der Waals surface area contributed by atoms with E-state index in [9.17, 15) is 9.59 Å². The number of rotatable bonds is 3. The van der Waals surface area contributed by atoms with Crippen LogP contribution in [0.4, 0.5) is 0 Å². The molecule has 1 aliphatic heterocycles. The van der Waals surface area contributed by atoms with Crippen LogP contribution in [0.25, 0.3) is 0 Å². The highest BCUT2D eigenvalue weighted by molar-refractivity contribution is 8.01. The van der Waals surface area contributed by atoms with Crippen molar-refractivity contribution < 1.29 is 14.7 Å². The van der Waals surface area contributed by atoms with Gasteiger partial charge in [-0.25, -0.2) is 0 Å². The van der Waals surface area contributed by atoms with Crippen LogP contribution in [0, 0.1) is 5.92 Å². The van der Waals surface area contributed by atoms with E-state index in [-0.39, 0.29) is 22.6 Å². The van der Waals surface area contributed by atoms with E-state index in [0.29, 0.717) is 25.1 Å². The Morgan fingerprint density at radius 3 is 2.44 bits per heavy atom. The normalized spacial score (nSPS) is 25.0. The van der Waals surface area contributed by atoms with Crippen LogP contribution in [0.3, 0.4) is 0 Å². The maximum absolute atomic E-state index is 12.1. The maximum atomic E-state index is 12.1. The number of carboxylic acids is 1. The average molecular weight is 273 g/mol. The Hall–Kier alpha value is -0.710. The van der Waals surface area contributed by atoms with E-state index in [0.717, 1.165) is 0 Å².